The van der Waals surface area contributed by atoms with Gasteiger partial charge in [0, 0.05) is 11.8 Å². The van der Waals surface area contributed by atoms with Crippen molar-refractivity contribution in [2.24, 2.45) is 0 Å². The first-order valence-electron chi connectivity index (χ1n) is 5.92. The number of hydrogen-bond donors (Lipinski definition) is 3. The van der Waals surface area contributed by atoms with Gasteiger partial charge in [-0.15, -0.1) is 0 Å². The molecule has 0 spiro atoms. The highest BCUT2D eigenvalue weighted by Gasteiger charge is 2.10. The molecule has 104 valence electrons. The number of carbonyl (C=O) groups is 1. The molecule has 0 radical (unpaired) electrons. The molecule has 2 aromatic rings. The van der Waals surface area contributed by atoms with Crippen molar-refractivity contribution >= 4 is 28.9 Å². The maximum absolute atomic E-state index is 11.7. The van der Waals surface area contributed by atoms with Crippen LogP contribution in [0.3, 0.4) is 0 Å². The van der Waals surface area contributed by atoms with Crippen LogP contribution in [-0.4, -0.2) is 16.2 Å². The molecule has 3 N–H and O–H groups in total. The van der Waals surface area contributed by atoms with E-state index in [1.807, 2.05) is 31.2 Å². The van der Waals surface area contributed by atoms with E-state index >= 15 is 0 Å². The Morgan fingerprint density at radius 1 is 1.25 bits per heavy atom. The number of aryl methyl sites for hydroxylation is 2. The molecule has 0 atom stereocenters. The van der Waals surface area contributed by atoms with Gasteiger partial charge in [-0.05, 0) is 43.8 Å². The van der Waals surface area contributed by atoms with Crippen molar-refractivity contribution < 1.29 is 9.32 Å². The van der Waals surface area contributed by atoms with Crippen LogP contribution in [0.2, 0.25) is 0 Å². The Balaban J connectivity index is 1.85. The van der Waals surface area contributed by atoms with Crippen molar-refractivity contribution in [3.63, 3.8) is 0 Å². The molecule has 6 nitrogen and oxygen atoms in total. The number of benzene rings is 1. The van der Waals surface area contributed by atoms with Gasteiger partial charge in [-0.1, -0.05) is 17.3 Å². The second-order valence-electron chi connectivity index (χ2n) is 4.23. The minimum atomic E-state index is -0.421. The Hall–Kier alpha value is -2.41. The van der Waals surface area contributed by atoms with Crippen molar-refractivity contribution in [3.05, 3.63) is 47.3 Å². The van der Waals surface area contributed by atoms with Gasteiger partial charge >= 0.3 is 0 Å². The number of thiocarbonyl (C=S) groups is 1. The van der Waals surface area contributed by atoms with Crippen molar-refractivity contribution in [1.29, 1.82) is 0 Å². The first-order valence-corrected chi connectivity index (χ1v) is 6.33. The van der Waals surface area contributed by atoms with E-state index in [-0.39, 0.29) is 10.8 Å². The fourth-order valence-corrected chi connectivity index (χ4v) is 1.71. The molecule has 7 heteroatoms. The summed E-state index contributed by atoms with van der Waals surface area (Å²) in [5.74, 6) is 0.144. The lowest BCUT2D eigenvalue weighted by molar-refractivity contribution is 0.0935. The average Bonchev–Trinajstić information content (AvgIpc) is 2.83. The minimum Gasteiger partial charge on any atom is -0.361 e. The van der Waals surface area contributed by atoms with E-state index < -0.39 is 5.91 Å². The van der Waals surface area contributed by atoms with Crippen molar-refractivity contribution in [3.8, 4) is 0 Å². The van der Waals surface area contributed by atoms with Crippen LogP contribution in [0.15, 0.2) is 34.9 Å². The van der Waals surface area contributed by atoms with Gasteiger partial charge in [0.15, 0.2) is 10.8 Å². The number of carbonyl (C=O) groups excluding carboxylic acids is 1. The summed E-state index contributed by atoms with van der Waals surface area (Å²) in [6, 6.07) is 9.25. The monoisotopic (exact) mass is 290 g/mol. The van der Waals surface area contributed by atoms with Crippen LogP contribution >= 0.6 is 12.2 Å². The summed E-state index contributed by atoms with van der Waals surface area (Å²) in [7, 11) is 0. The van der Waals surface area contributed by atoms with E-state index in [4.69, 9.17) is 16.7 Å². The average molecular weight is 290 g/mol. The van der Waals surface area contributed by atoms with Crippen molar-refractivity contribution in [1.82, 2.24) is 16.0 Å². The van der Waals surface area contributed by atoms with Gasteiger partial charge in [-0.3, -0.25) is 15.6 Å². The van der Waals surface area contributed by atoms with Crippen LogP contribution in [0.25, 0.3) is 0 Å². The molecule has 1 aromatic heterocycles. The summed E-state index contributed by atoms with van der Waals surface area (Å²) in [5.41, 5.74) is 7.17. The van der Waals surface area contributed by atoms with Gasteiger partial charge in [0.25, 0.3) is 5.91 Å². The summed E-state index contributed by atoms with van der Waals surface area (Å²) in [4.78, 5) is 11.7. The maximum atomic E-state index is 11.7. The van der Waals surface area contributed by atoms with Gasteiger partial charge in [-0.2, -0.15) is 0 Å². The van der Waals surface area contributed by atoms with Gasteiger partial charge < -0.3 is 9.84 Å². The standard InChI is InChI=1S/C13H14N4O2S/c1-8-4-3-5-10(6-8)14-13(20)16-15-12(18)11-7-9(2)19-17-11/h3-7H,1-2H3,(H,15,18)(H2,14,16,20). The molecule has 1 amide bonds. The van der Waals surface area contributed by atoms with Crippen molar-refractivity contribution in [2.75, 3.05) is 5.32 Å². The van der Waals surface area contributed by atoms with Gasteiger partial charge in [0.2, 0.25) is 0 Å². The third-order valence-corrected chi connectivity index (χ3v) is 2.63. The quantitative estimate of drug-likeness (QED) is 0.579. The molecule has 0 unspecified atom stereocenters. The van der Waals surface area contributed by atoms with Crippen LogP contribution in [-0.2, 0) is 0 Å². The van der Waals surface area contributed by atoms with E-state index in [0.29, 0.717) is 5.76 Å². The summed E-state index contributed by atoms with van der Waals surface area (Å²) in [6.07, 6.45) is 0. The largest absolute Gasteiger partial charge is 0.361 e. The Labute approximate surface area is 121 Å². The number of nitrogens with zero attached hydrogens (tertiary/aromatic N) is 1. The van der Waals surface area contributed by atoms with Gasteiger partial charge in [0.05, 0.1) is 0 Å². The molecule has 0 aliphatic heterocycles. The molecule has 1 heterocycles. The van der Waals surface area contributed by atoms with Crippen LogP contribution in [0.1, 0.15) is 21.8 Å². The number of rotatable bonds is 2. The predicted octanol–water partition coefficient (Wildman–Crippen LogP) is 1.92. The zero-order valence-electron chi connectivity index (χ0n) is 11.1. The molecule has 0 saturated carbocycles. The molecule has 0 aliphatic rings. The number of hydrogen-bond acceptors (Lipinski definition) is 4. The lowest BCUT2D eigenvalue weighted by Gasteiger charge is -2.11. The minimum absolute atomic E-state index is 0.188. The number of aromatic nitrogens is 1. The Bertz CT molecular complexity index is 639. The molecular weight excluding hydrogens is 276 g/mol. The SMILES string of the molecule is Cc1cccc(NC(=S)NNC(=O)c2cc(C)on2)c1. The van der Waals surface area contributed by atoms with Gasteiger partial charge in [-0.25, -0.2) is 0 Å². The second-order valence-corrected chi connectivity index (χ2v) is 4.63. The summed E-state index contributed by atoms with van der Waals surface area (Å²) >= 11 is 5.07. The molecule has 20 heavy (non-hydrogen) atoms. The van der Waals surface area contributed by atoms with E-state index in [0.717, 1.165) is 11.3 Å². The smallest absolute Gasteiger partial charge is 0.291 e. The number of hydrazine groups is 1. The fourth-order valence-electron chi connectivity index (χ4n) is 1.54. The normalized spacial score (nSPS) is 9.90. The second kappa shape index (κ2) is 6.16. The predicted molar refractivity (Wildman–Crippen MR) is 79.2 cm³/mol. The molecule has 2 rings (SSSR count). The fraction of sp³-hybridized carbons (Fsp3) is 0.154. The topological polar surface area (TPSA) is 79.2 Å². The molecule has 0 fully saturated rings. The Morgan fingerprint density at radius 3 is 2.70 bits per heavy atom. The van der Waals surface area contributed by atoms with Crippen LogP contribution in [0.4, 0.5) is 5.69 Å². The third kappa shape index (κ3) is 3.79. The summed E-state index contributed by atoms with van der Waals surface area (Å²) in [5, 5.41) is 6.84. The lowest BCUT2D eigenvalue weighted by Crippen LogP contribution is -2.43. The summed E-state index contributed by atoms with van der Waals surface area (Å²) < 4.78 is 4.81. The molecule has 0 bridgehead atoms. The molecular formula is C13H14N4O2S. The van der Waals surface area contributed by atoms with Crippen molar-refractivity contribution in [2.45, 2.75) is 13.8 Å². The maximum Gasteiger partial charge on any atom is 0.291 e. The highest BCUT2D eigenvalue weighted by atomic mass is 32.1. The van der Waals surface area contributed by atoms with Crippen LogP contribution < -0.4 is 16.2 Å². The Kier molecular flexibility index (Phi) is 4.31. The van der Waals surface area contributed by atoms with E-state index in [9.17, 15) is 4.79 Å². The Morgan fingerprint density at radius 2 is 2.05 bits per heavy atom. The van der Waals surface area contributed by atoms with Crippen LogP contribution in [0.5, 0.6) is 0 Å². The highest BCUT2D eigenvalue weighted by Crippen LogP contribution is 2.08. The highest BCUT2D eigenvalue weighted by molar-refractivity contribution is 7.80. The lowest BCUT2D eigenvalue weighted by atomic mass is 10.2. The summed E-state index contributed by atoms with van der Waals surface area (Å²) in [6.45, 7) is 3.69. The molecule has 0 aliphatic carbocycles. The van der Waals surface area contributed by atoms with E-state index in [2.05, 4.69) is 21.3 Å². The molecule has 0 saturated heterocycles. The van der Waals surface area contributed by atoms with E-state index in [1.54, 1.807) is 6.92 Å². The third-order valence-electron chi connectivity index (χ3n) is 2.43. The molecule has 1 aromatic carbocycles. The number of anilines is 1. The first-order chi connectivity index (χ1) is 9.54. The van der Waals surface area contributed by atoms with E-state index in [1.165, 1.54) is 6.07 Å². The zero-order chi connectivity index (χ0) is 14.5. The first kappa shape index (κ1) is 14.0. The van der Waals surface area contributed by atoms with Gasteiger partial charge in [0.1, 0.15) is 5.76 Å². The van der Waals surface area contributed by atoms with Crippen LogP contribution in [0, 0.1) is 13.8 Å². The number of amides is 1. The number of nitrogens with one attached hydrogen (secondary N) is 3. The zero-order valence-corrected chi connectivity index (χ0v) is 11.9.